The number of H-pyrrole nitrogens is 1. The van der Waals surface area contributed by atoms with Crippen LogP contribution >= 0.6 is 0 Å². The van der Waals surface area contributed by atoms with E-state index in [1.807, 2.05) is 29.9 Å². The fourth-order valence-electron chi connectivity index (χ4n) is 3.18. The lowest BCUT2D eigenvalue weighted by Gasteiger charge is -2.14. The standard InChI is InChI=1S/C20H26N4O/c1-14(13-24-16(3)10-15(2)23-24)11-22-20(25)9-8-17-12-21-19-7-5-4-6-18(17)19/h4-7,10,12,14,21H,8-9,11,13H2,1-3H3,(H,22,25). The Kier molecular flexibility index (Phi) is 5.22. The summed E-state index contributed by atoms with van der Waals surface area (Å²) in [5.74, 6) is 0.445. The predicted molar refractivity (Wildman–Crippen MR) is 100 cm³/mol. The maximum atomic E-state index is 12.2. The molecule has 25 heavy (non-hydrogen) atoms. The van der Waals surface area contributed by atoms with Crippen LogP contribution in [0.5, 0.6) is 0 Å². The third-order valence-electron chi connectivity index (χ3n) is 4.53. The molecule has 0 saturated carbocycles. The third-order valence-corrected chi connectivity index (χ3v) is 4.53. The topological polar surface area (TPSA) is 62.7 Å². The highest BCUT2D eigenvalue weighted by Crippen LogP contribution is 2.18. The Hall–Kier alpha value is -2.56. The SMILES string of the molecule is Cc1cc(C)n(CC(C)CNC(=O)CCc2c[nH]c3ccccc23)n1. The molecule has 5 heteroatoms. The van der Waals surface area contributed by atoms with E-state index < -0.39 is 0 Å². The van der Waals surface area contributed by atoms with Crippen molar-refractivity contribution >= 4 is 16.8 Å². The van der Waals surface area contributed by atoms with Crippen molar-refractivity contribution in [2.45, 2.75) is 40.2 Å². The van der Waals surface area contributed by atoms with Crippen molar-refractivity contribution in [3.05, 3.63) is 53.5 Å². The van der Waals surface area contributed by atoms with Crippen LogP contribution < -0.4 is 5.32 Å². The summed E-state index contributed by atoms with van der Waals surface area (Å²) >= 11 is 0. The summed E-state index contributed by atoms with van der Waals surface area (Å²) in [6, 6.07) is 10.3. The van der Waals surface area contributed by atoms with Crippen molar-refractivity contribution in [3.63, 3.8) is 0 Å². The van der Waals surface area contributed by atoms with Gasteiger partial charge in [0.15, 0.2) is 0 Å². The van der Waals surface area contributed by atoms with E-state index in [2.05, 4.69) is 47.4 Å². The number of nitrogens with zero attached hydrogens (tertiary/aromatic N) is 2. The van der Waals surface area contributed by atoms with E-state index in [0.29, 0.717) is 18.9 Å². The zero-order chi connectivity index (χ0) is 17.8. The second-order valence-corrected chi connectivity index (χ2v) is 6.88. The highest BCUT2D eigenvalue weighted by Gasteiger charge is 2.10. The minimum atomic E-state index is 0.102. The summed E-state index contributed by atoms with van der Waals surface area (Å²) in [6.45, 7) is 7.69. The first-order valence-corrected chi connectivity index (χ1v) is 8.85. The number of nitrogens with one attached hydrogen (secondary N) is 2. The van der Waals surface area contributed by atoms with Crippen molar-refractivity contribution in [1.82, 2.24) is 20.1 Å². The lowest BCUT2D eigenvalue weighted by molar-refractivity contribution is -0.121. The lowest BCUT2D eigenvalue weighted by Crippen LogP contribution is -2.30. The number of hydrogen-bond donors (Lipinski definition) is 2. The molecule has 0 radical (unpaired) electrons. The predicted octanol–water partition coefficient (Wildman–Crippen LogP) is 3.37. The molecule has 3 aromatic rings. The van der Waals surface area contributed by atoms with E-state index in [1.165, 1.54) is 10.9 Å². The highest BCUT2D eigenvalue weighted by molar-refractivity contribution is 5.84. The van der Waals surface area contributed by atoms with Crippen LogP contribution in [0, 0.1) is 19.8 Å². The van der Waals surface area contributed by atoms with Crippen molar-refractivity contribution < 1.29 is 4.79 Å². The van der Waals surface area contributed by atoms with E-state index in [-0.39, 0.29) is 5.91 Å². The van der Waals surface area contributed by atoms with Gasteiger partial charge in [0, 0.05) is 42.3 Å². The molecule has 1 aromatic carbocycles. The molecule has 0 saturated heterocycles. The number of benzene rings is 1. The first-order valence-electron chi connectivity index (χ1n) is 8.85. The van der Waals surface area contributed by atoms with Gasteiger partial charge in [-0.2, -0.15) is 5.10 Å². The molecule has 1 unspecified atom stereocenters. The quantitative estimate of drug-likeness (QED) is 0.694. The second kappa shape index (κ2) is 7.55. The van der Waals surface area contributed by atoms with Crippen LogP contribution in [0.15, 0.2) is 36.5 Å². The molecule has 0 fully saturated rings. The number of rotatable bonds is 7. The average Bonchev–Trinajstić information content (AvgIpc) is 3.14. The first-order chi connectivity index (χ1) is 12.0. The molecule has 3 rings (SSSR count). The minimum absolute atomic E-state index is 0.102. The Bertz CT molecular complexity index is 862. The third kappa shape index (κ3) is 4.29. The van der Waals surface area contributed by atoms with Crippen LogP contribution in [-0.4, -0.2) is 27.2 Å². The average molecular weight is 338 g/mol. The Morgan fingerprint density at radius 3 is 2.88 bits per heavy atom. The van der Waals surface area contributed by atoms with Crippen LogP contribution in [0.1, 0.15) is 30.3 Å². The molecule has 0 aliphatic carbocycles. The van der Waals surface area contributed by atoms with E-state index in [9.17, 15) is 4.79 Å². The molecule has 132 valence electrons. The zero-order valence-electron chi connectivity index (χ0n) is 15.2. The van der Waals surface area contributed by atoms with Crippen molar-refractivity contribution in [1.29, 1.82) is 0 Å². The van der Waals surface area contributed by atoms with E-state index in [0.717, 1.165) is 29.9 Å². The molecule has 5 nitrogen and oxygen atoms in total. The number of fused-ring (bicyclic) bond motifs is 1. The Morgan fingerprint density at radius 1 is 1.32 bits per heavy atom. The molecule has 2 heterocycles. The normalized spacial score (nSPS) is 12.4. The number of aryl methyl sites for hydroxylation is 3. The second-order valence-electron chi connectivity index (χ2n) is 6.88. The van der Waals surface area contributed by atoms with Gasteiger partial charge >= 0.3 is 0 Å². The van der Waals surface area contributed by atoms with Crippen LogP contribution in [0.4, 0.5) is 0 Å². The summed E-state index contributed by atoms with van der Waals surface area (Å²) in [4.78, 5) is 15.4. The van der Waals surface area contributed by atoms with Gasteiger partial charge in [-0.1, -0.05) is 25.1 Å². The summed E-state index contributed by atoms with van der Waals surface area (Å²) in [6.07, 6.45) is 3.26. The zero-order valence-corrected chi connectivity index (χ0v) is 15.2. The van der Waals surface area contributed by atoms with Crippen LogP contribution in [0.25, 0.3) is 10.9 Å². The van der Waals surface area contributed by atoms with Gasteiger partial charge in [-0.15, -0.1) is 0 Å². The molecule has 1 amide bonds. The Morgan fingerprint density at radius 2 is 2.12 bits per heavy atom. The van der Waals surface area contributed by atoms with Crippen molar-refractivity contribution in [2.75, 3.05) is 6.54 Å². The van der Waals surface area contributed by atoms with Crippen LogP contribution in [-0.2, 0) is 17.8 Å². The molecule has 2 N–H and O–H groups in total. The number of aromatic nitrogens is 3. The Balaban J connectivity index is 1.45. The summed E-state index contributed by atoms with van der Waals surface area (Å²) < 4.78 is 2.01. The monoisotopic (exact) mass is 338 g/mol. The number of para-hydroxylation sites is 1. The minimum Gasteiger partial charge on any atom is -0.361 e. The molecule has 0 bridgehead atoms. The maximum Gasteiger partial charge on any atom is 0.220 e. The van der Waals surface area contributed by atoms with E-state index in [1.54, 1.807) is 0 Å². The Labute approximate surface area is 148 Å². The fraction of sp³-hybridized carbons (Fsp3) is 0.400. The molecular weight excluding hydrogens is 312 g/mol. The maximum absolute atomic E-state index is 12.2. The largest absolute Gasteiger partial charge is 0.361 e. The molecule has 0 aliphatic rings. The van der Waals surface area contributed by atoms with Gasteiger partial charge in [0.05, 0.1) is 5.69 Å². The van der Waals surface area contributed by atoms with Gasteiger partial charge in [-0.05, 0) is 43.9 Å². The van der Waals surface area contributed by atoms with Crippen molar-refractivity contribution in [3.8, 4) is 0 Å². The summed E-state index contributed by atoms with van der Waals surface area (Å²) in [5, 5.41) is 8.73. The molecule has 1 atom stereocenters. The summed E-state index contributed by atoms with van der Waals surface area (Å²) in [7, 11) is 0. The number of amides is 1. The summed E-state index contributed by atoms with van der Waals surface area (Å²) in [5.41, 5.74) is 4.51. The van der Waals surface area contributed by atoms with Crippen LogP contribution in [0.2, 0.25) is 0 Å². The van der Waals surface area contributed by atoms with Gasteiger partial charge in [0.2, 0.25) is 5.91 Å². The van der Waals surface area contributed by atoms with E-state index in [4.69, 9.17) is 0 Å². The van der Waals surface area contributed by atoms with Gasteiger partial charge in [-0.3, -0.25) is 9.48 Å². The number of hydrogen-bond acceptors (Lipinski definition) is 2. The van der Waals surface area contributed by atoms with Gasteiger partial charge < -0.3 is 10.3 Å². The molecule has 0 aliphatic heterocycles. The van der Waals surface area contributed by atoms with E-state index >= 15 is 0 Å². The van der Waals surface area contributed by atoms with Gasteiger partial charge in [-0.25, -0.2) is 0 Å². The van der Waals surface area contributed by atoms with Crippen LogP contribution in [0.3, 0.4) is 0 Å². The van der Waals surface area contributed by atoms with Gasteiger partial charge in [0.25, 0.3) is 0 Å². The number of carbonyl (C=O) groups is 1. The number of aromatic amines is 1. The molecular formula is C20H26N4O. The molecule has 0 spiro atoms. The first kappa shape index (κ1) is 17.3. The van der Waals surface area contributed by atoms with Gasteiger partial charge in [0.1, 0.15) is 0 Å². The smallest absolute Gasteiger partial charge is 0.220 e. The van der Waals surface area contributed by atoms with Crippen molar-refractivity contribution in [2.24, 2.45) is 5.92 Å². The lowest BCUT2D eigenvalue weighted by atomic mass is 10.1. The highest BCUT2D eigenvalue weighted by atomic mass is 16.1. The molecule has 2 aromatic heterocycles. The fourth-order valence-corrected chi connectivity index (χ4v) is 3.18. The number of carbonyl (C=O) groups excluding carboxylic acids is 1.